The molecular formula is C27H29N9OS. The van der Waals surface area contributed by atoms with Gasteiger partial charge in [-0.3, -0.25) is 14.4 Å². The zero-order valence-corrected chi connectivity index (χ0v) is 22.0. The number of hydrogen-bond donors (Lipinski definition) is 2. The van der Waals surface area contributed by atoms with Crippen molar-refractivity contribution in [1.29, 1.82) is 0 Å². The second-order valence-electron chi connectivity index (χ2n) is 10.1. The molecule has 38 heavy (non-hydrogen) atoms. The van der Waals surface area contributed by atoms with Crippen molar-refractivity contribution >= 4 is 50.4 Å². The molecule has 0 saturated carbocycles. The topological polar surface area (TPSA) is 95.6 Å². The molecule has 0 bridgehead atoms. The average Bonchev–Trinajstić information content (AvgIpc) is 3.66. The van der Waals surface area contributed by atoms with E-state index in [-0.39, 0.29) is 11.9 Å². The molecule has 194 valence electrons. The number of likely N-dealkylation sites (N-methyl/N-ethyl adjacent to an activating group) is 1. The van der Waals surface area contributed by atoms with E-state index in [4.69, 9.17) is 10.1 Å². The first kappa shape index (κ1) is 23.2. The zero-order chi connectivity index (χ0) is 25.6. The molecule has 1 saturated heterocycles. The zero-order valence-electron chi connectivity index (χ0n) is 21.2. The normalized spacial score (nSPS) is 18.1. The van der Waals surface area contributed by atoms with Gasteiger partial charge in [0.15, 0.2) is 11.5 Å². The largest absolute Gasteiger partial charge is 0.354 e. The monoisotopic (exact) mass is 527 g/mol. The van der Waals surface area contributed by atoms with Crippen molar-refractivity contribution in [3.8, 4) is 0 Å². The van der Waals surface area contributed by atoms with Crippen LogP contribution in [0.3, 0.4) is 0 Å². The van der Waals surface area contributed by atoms with Gasteiger partial charge in [0.2, 0.25) is 0 Å². The van der Waals surface area contributed by atoms with Crippen molar-refractivity contribution < 1.29 is 4.79 Å². The molecule has 0 radical (unpaired) electrons. The summed E-state index contributed by atoms with van der Waals surface area (Å²) >= 11 is 1.54. The number of amides is 1. The standard InChI is InChI=1S/C27H29N9OS/c1-33-11-12-35-20(17-33)14-23(32-35)30-26-15-25(31-24-8-9-28-36(24)26)34-10-4-6-19(16-34)29-27(37)22-13-18-5-2-3-7-21(18)38-22/h2-3,5,7-9,13-15,19H,4,6,10-12,16-17H2,1H3,(H,29,37)(H,30,32). The van der Waals surface area contributed by atoms with Crippen LogP contribution in [0.1, 0.15) is 28.2 Å². The minimum atomic E-state index is -0.00555. The summed E-state index contributed by atoms with van der Waals surface area (Å²) in [5, 5.41) is 17.1. The summed E-state index contributed by atoms with van der Waals surface area (Å²) in [6, 6.07) is 16.2. The first-order chi connectivity index (χ1) is 18.6. The Morgan fingerprint density at radius 3 is 2.95 bits per heavy atom. The van der Waals surface area contributed by atoms with Crippen LogP contribution in [-0.4, -0.2) is 67.9 Å². The van der Waals surface area contributed by atoms with Gasteiger partial charge >= 0.3 is 0 Å². The van der Waals surface area contributed by atoms with Crippen LogP contribution in [0.5, 0.6) is 0 Å². The van der Waals surface area contributed by atoms with Gasteiger partial charge in [0.25, 0.3) is 5.91 Å². The third-order valence-electron chi connectivity index (χ3n) is 7.32. The number of nitrogens with zero attached hydrogens (tertiary/aromatic N) is 7. The van der Waals surface area contributed by atoms with E-state index in [9.17, 15) is 4.79 Å². The van der Waals surface area contributed by atoms with Gasteiger partial charge in [-0.2, -0.15) is 14.7 Å². The smallest absolute Gasteiger partial charge is 0.261 e. The molecule has 6 heterocycles. The highest BCUT2D eigenvalue weighted by molar-refractivity contribution is 7.20. The number of carbonyl (C=O) groups excluding carboxylic acids is 1. The molecule has 1 amide bonds. The maximum atomic E-state index is 13.1. The molecule has 2 aliphatic heterocycles. The van der Waals surface area contributed by atoms with Crippen LogP contribution in [0.2, 0.25) is 0 Å². The summed E-state index contributed by atoms with van der Waals surface area (Å²) in [4.78, 5) is 23.2. The average molecular weight is 528 g/mol. The van der Waals surface area contributed by atoms with Gasteiger partial charge in [0.1, 0.15) is 11.6 Å². The summed E-state index contributed by atoms with van der Waals surface area (Å²) in [5.74, 6) is 2.48. The Labute approximate surface area is 223 Å². The Kier molecular flexibility index (Phi) is 5.74. The molecule has 10 nitrogen and oxygen atoms in total. The highest BCUT2D eigenvalue weighted by Crippen LogP contribution is 2.27. The number of piperidine rings is 1. The summed E-state index contributed by atoms with van der Waals surface area (Å²) in [6.45, 7) is 4.35. The second-order valence-corrected chi connectivity index (χ2v) is 11.2. The maximum Gasteiger partial charge on any atom is 0.261 e. The third-order valence-corrected chi connectivity index (χ3v) is 8.44. The number of anilines is 3. The molecule has 2 N–H and O–H groups in total. The van der Waals surface area contributed by atoms with Crippen molar-refractivity contribution in [3.63, 3.8) is 0 Å². The van der Waals surface area contributed by atoms with E-state index < -0.39 is 0 Å². The van der Waals surface area contributed by atoms with Crippen molar-refractivity contribution in [2.45, 2.75) is 32.0 Å². The molecule has 1 fully saturated rings. The molecule has 11 heteroatoms. The lowest BCUT2D eigenvalue weighted by atomic mass is 10.1. The summed E-state index contributed by atoms with van der Waals surface area (Å²) < 4.78 is 5.00. The van der Waals surface area contributed by atoms with Crippen molar-refractivity contribution in [1.82, 2.24) is 34.6 Å². The second kappa shape index (κ2) is 9.41. The Bertz CT molecular complexity index is 1600. The fourth-order valence-electron chi connectivity index (χ4n) is 5.39. The van der Waals surface area contributed by atoms with E-state index in [0.29, 0.717) is 6.54 Å². The van der Waals surface area contributed by atoms with Crippen LogP contribution < -0.4 is 15.5 Å². The molecule has 7 rings (SSSR count). The summed E-state index contributed by atoms with van der Waals surface area (Å²) in [6.07, 6.45) is 3.68. The number of carbonyl (C=O) groups is 1. The Morgan fingerprint density at radius 1 is 1.11 bits per heavy atom. The van der Waals surface area contributed by atoms with Crippen LogP contribution in [0.25, 0.3) is 15.7 Å². The minimum absolute atomic E-state index is 0.00555. The summed E-state index contributed by atoms with van der Waals surface area (Å²) in [7, 11) is 2.13. The third kappa shape index (κ3) is 4.37. The van der Waals surface area contributed by atoms with E-state index >= 15 is 0 Å². The van der Waals surface area contributed by atoms with Crippen LogP contribution in [0, 0.1) is 0 Å². The number of rotatable bonds is 5. The predicted molar refractivity (Wildman–Crippen MR) is 149 cm³/mol. The molecule has 1 unspecified atom stereocenters. The SMILES string of the molecule is CN1CCn2nc(Nc3cc(N4CCCC(NC(=O)c5cc6ccccc6s5)C4)nc4ccnn34)cc2C1. The van der Waals surface area contributed by atoms with Gasteiger partial charge in [0, 0.05) is 55.1 Å². The van der Waals surface area contributed by atoms with Gasteiger partial charge in [-0.1, -0.05) is 18.2 Å². The first-order valence-electron chi connectivity index (χ1n) is 13.0. The van der Waals surface area contributed by atoms with Crippen LogP contribution in [-0.2, 0) is 13.1 Å². The van der Waals surface area contributed by atoms with Gasteiger partial charge in [0.05, 0.1) is 23.3 Å². The van der Waals surface area contributed by atoms with Crippen molar-refractivity contribution in [2.24, 2.45) is 0 Å². The van der Waals surface area contributed by atoms with E-state index in [0.717, 1.165) is 77.1 Å². The fourth-order valence-corrected chi connectivity index (χ4v) is 6.36. The number of benzene rings is 1. The lowest BCUT2D eigenvalue weighted by Crippen LogP contribution is -2.48. The summed E-state index contributed by atoms with van der Waals surface area (Å²) in [5.41, 5.74) is 1.96. The Hall–Kier alpha value is -3.96. The predicted octanol–water partition coefficient (Wildman–Crippen LogP) is 3.73. The quantitative estimate of drug-likeness (QED) is 0.360. The van der Waals surface area contributed by atoms with Crippen LogP contribution >= 0.6 is 11.3 Å². The van der Waals surface area contributed by atoms with Gasteiger partial charge in [-0.25, -0.2) is 4.98 Å². The van der Waals surface area contributed by atoms with Gasteiger partial charge in [-0.05, 0) is 37.4 Å². The highest BCUT2D eigenvalue weighted by Gasteiger charge is 2.25. The molecule has 2 aliphatic rings. The number of fused-ring (bicyclic) bond motifs is 3. The van der Waals surface area contributed by atoms with Gasteiger partial charge < -0.3 is 15.5 Å². The van der Waals surface area contributed by atoms with E-state index in [2.05, 4.69) is 49.4 Å². The Morgan fingerprint density at radius 2 is 2.03 bits per heavy atom. The number of nitrogens with one attached hydrogen (secondary N) is 2. The van der Waals surface area contributed by atoms with E-state index in [1.165, 1.54) is 17.0 Å². The minimum Gasteiger partial charge on any atom is -0.354 e. The molecule has 4 aromatic heterocycles. The number of aromatic nitrogens is 5. The maximum absolute atomic E-state index is 13.1. The number of hydrogen-bond acceptors (Lipinski definition) is 8. The fraction of sp³-hybridized carbons (Fsp3) is 0.333. The molecular weight excluding hydrogens is 498 g/mol. The lowest BCUT2D eigenvalue weighted by molar-refractivity contribution is 0.0937. The molecule has 5 aromatic rings. The first-order valence-corrected chi connectivity index (χ1v) is 13.8. The lowest BCUT2D eigenvalue weighted by Gasteiger charge is -2.34. The van der Waals surface area contributed by atoms with Gasteiger partial charge in [-0.15, -0.1) is 11.3 Å². The highest BCUT2D eigenvalue weighted by atomic mass is 32.1. The molecule has 1 aromatic carbocycles. The van der Waals surface area contributed by atoms with E-state index in [1.807, 2.05) is 36.4 Å². The Balaban J connectivity index is 1.10. The molecule has 0 spiro atoms. The van der Waals surface area contributed by atoms with Crippen molar-refractivity contribution in [3.05, 3.63) is 65.3 Å². The number of thiophene rings is 1. The van der Waals surface area contributed by atoms with Crippen LogP contribution in [0.15, 0.2) is 54.7 Å². The van der Waals surface area contributed by atoms with Crippen LogP contribution in [0.4, 0.5) is 17.5 Å². The van der Waals surface area contributed by atoms with E-state index in [1.54, 1.807) is 10.7 Å². The molecule has 1 atom stereocenters. The molecule has 0 aliphatic carbocycles. The van der Waals surface area contributed by atoms with Crippen molar-refractivity contribution in [2.75, 3.05) is 36.9 Å².